The van der Waals surface area contributed by atoms with Crippen LogP contribution in [0.5, 0.6) is 5.75 Å². The minimum atomic E-state index is 0. The number of hydrogen-bond acceptors (Lipinski definition) is 3. The van der Waals surface area contributed by atoms with Crippen molar-refractivity contribution in [3.8, 4) is 5.75 Å². The predicted molar refractivity (Wildman–Crippen MR) is 34.0 cm³/mol. The zero-order chi connectivity index (χ0) is 5.11. The monoisotopic (exact) mass is 176 g/mol. The summed E-state index contributed by atoms with van der Waals surface area (Å²) in [6.07, 6.45) is 2.70. The van der Waals surface area contributed by atoms with Crippen LogP contribution < -0.4 is 0 Å². The molecule has 0 aliphatic rings. The fourth-order valence-corrected chi connectivity index (χ4v) is 0.284. The average Bonchev–Trinajstić information content (AvgIpc) is 1.69. The first-order chi connectivity index (χ1) is 3.39. The maximum Gasteiger partial charge on any atom is 0.137 e. The molecule has 44 valence electrons. The molecule has 0 unspecified atom stereocenters. The molecule has 0 saturated carbocycles. The summed E-state index contributed by atoms with van der Waals surface area (Å²) < 4.78 is 0. The molecule has 0 aromatic carbocycles. The highest BCUT2D eigenvalue weighted by Gasteiger charge is 1.77. The maximum atomic E-state index is 8.53. The molecule has 0 amide bonds. The molecular weight excluding hydrogens is 172 g/mol. The second kappa shape index (κ2) is 3.37. The maximum absolute atomic E-state index is 8.53. The summed E-state index contributed by atoms with van der Waals surface area (Å²) in [6, 6.07) is 1.47. The Morgan fingerprint density at radius 2 is 2.12 bits per heavy atom. The van der Waals surface area contributed by atoms with Crippen LogP contribution in [0.4, 0.5) is 0 Å². The molecule has 0 spiro atoms. The van der Waals surface area contributed by atoms with Gasteiger partial charge in [0, 0.05) is 6.07 Å². The summed E-state index contributed by atoms with van der Waals surface area (Å²) in [7, 11) is 0. The molecule has 0 bridgehead atoms. The number of aromatic nitrogens is 2. The highest BCUT2D eigenvalue weighted by molar-refractivity contribution is 8.93. The normalized spacial score (nSPS) is 7.50. The van der Waals surface area contributed by atoms with Crippen LogP contribution in [0.25, 0.3) is 0 Å². The molecule has 0 aliphatic heterocycles. The fraction of sp³-hybridized carbons (Fsp3) is 0. The SMILES string of the molecule is Br.Oc1ccnnc1. The highest BCUT2D eigenvalue weighted by atomic mass is 79.9. The molecule has 0 aliphatic carbocycles. The van der Waals surface area contributed by atoms with Gasteiger partial charge in [-0.25, -0.2) is 0 Å². The zero-order valence-electron chi connectivity index (χ0n) is 3.98. The largest absolute Gasteiger partial charge is 0.506 e. The van der Waals surface area contributed by atoms with Crippen molar-refractivity contribution in [3.63, 3.8) is 0 Å². The molecule has 0 atom stereocenters. The van der Waals surface area contributed by atoms with E-state index < -0.39 is 0 Å². The molecule has 4 heteroatoms. The van der Waals surface area contributed by atoms with Gasteiger partial charge in [-0.1, -0.05) is 0 Å². The lowest BCUT2D eigenvalue weighted by Gasteiger charge is -1.80. The van der Waals surface area contributed by atoms with E-state index in [4.69, 9.17) is 5.11 Å². The number of nitrogens with zero attached hydrogens (tertiary/aromatic N) is 2. The van der Waals surface area contributed by atoms with Crippen molar-refractivity contribution >= 4 is 17.0 Å². The summed E-state index contributed by atoms with van der Waals surface area (Å²) in [5, 5.41) is 15.3. The molecule has 0 saturated heterocycles. The molecule has 1 N–H and O–H groups in total. The molecule has 8 heavy (non-hydrogen) atoms. The topological polar surface area (TPSA) is 46.0 Å². The lowest BCUT2D eigenvalue weighted by atomic mass is 10.5. The van der Waals surface area contributed by atoms with E-state index in [0.717, 1.165) is 0 Å². The third kappa shape index (κ3) is 1.88. The van der Waals surface area contributed by atoms with Gasteiger partial charge in [-0.05, 0) is 0 Å². The Balaban J connectivity index is 0.000000490. The molecule has 1 rings (SSSR count). The quantitative estimate of drug-likeness (QED) is 0.636. The first-order valence-electron chi connectivity index (χ1n) is 1.85. The zero-order valence-corrected chi connectivity index (χ0v) is 5.70. The number of aromatic hydroxyl groups is 1. The Labute approximate surface area is 57.1 Å². The summed E-state index contributed by atoms with van der Waals surface area (Å²) in [5.41, 5.74) is 0. The van der Waals surface area contributed by atoms with Gasteiger partial charge in [0.25, 0.3) is 0 Å². The van der Waals surface area contributed by atoms with Crippen molar-refractivity contribution < 1.29 is 5.11 Å². The Hall–Kier alpha value is -0.640. The Bertz CT molecular complexity index is 144. The van der Waals surface area contributed by atoms with E-state index in [2.05, 4.69) is 10.2 Å². The molecule has 1 aromatic rings. The highest BCUT2D eigenvalue weighted by Crippen LogP contribution is 1.98. The standard InChI is InChI=1S/C4H4N2O.BrH/c7-4-1-2-5-6-3-4;/h1-3H,(H,5,7);1H. The first-order valence-corrected chi connectivity index (χ1v) is 1.85. The van der Waals surface area contributed by atoms with Crippen molar-refractivity contribution in [2.45, 2.75) is 0 Å². The van der Waals surface area contributed by atoms with Crippen LogP contribution in [0.3, 0.4) is 0 Å². The van der Waals surface area contributed by atoms with E-state index in [1.807, 2.05) is 0 Å². The van der Waals surface area contributed by atoms with Crippen LogP contribution in [-0.4, -0.2) is 15.3 Å². The molecular formula is C4H5BrN2O. The number of halogens is 1. The summed E-state index contributed by atoms with van der Waals surface area (Å²) in [6.45, 7) is 0. The van der Waals surface area contributed by atoms with E-state index in [0.29, 0.717) is 0 Å². The smallest absolute Gasteiger partial charge is 0.137 e. The van der Waals surface area contributed by atoms with Crippen LogP contribution in [0.1, 0.15) is 0 Å². The van der Waals surface area contributed by atoms with Gasteiger partial charge in [0.1, 0.15) is 5.75 Å². The fourth-order valence-electron chi connectivity index (χ4n) is 0.284. The van der Waals surface area contributed by atoms with Gasteiger partial charge >= 0.3 is 0 Å². The molecule has 1 aromatic heterocycles. The number of rotatable bonds is 0. The van der Waals surface area contributed by atoms with Crippen molar-refractivity contribution in [1.82, 2.24) is 10.2 Å². The Kier molecular flexibility index (Phi) is 3.10. The van der Waals surface area contributed by atoms with E-state index >= 15 is 0 Å². The second-order valence-corrected chi connectivity index (χ2v) is 1.10. The summed E-state index contributed by atoms with van der Waals surface area (Å²) >= 11 is 0. The number of hydrogen-bond donors (Lipinski definition) is 1. The van der Waals surface area contributed by atoms with Crippen molar-refractivity contribution in [2.24, 2.45) is 0 Å². The summed E-state index contributed by atoms with van der Waals surface area (Å²) in [5.74, 6) is 0.148. The van der Waals surface area contributed by atoms with E-state index in [9.17, 15) is 0 Å². The summed E-state index contributed by atoms with van der Waals surface area (Å²) in [4.78, 5) is 0. The lowest BCUT2D eigenvalue weighted by Crippen LogP contribution is -1.72. The Morgan fingerprint density at radius 1 is 1.38 bits per heavy atom. The van der Waals surface area contributed by atoms with Crippen molar-refractivity contribution in [2.75, 3.05) is 0 Å². The second-order valence-electron chi connectivity index (χ2n) is 1.10. The minimum Gasteiger partial charge on any atom is -0.506 e. The van der Waals surface area contributed by atoms with Gasteiger partial charge < -0.3 is 5.11 Å². The van der Waals surface area contributed by atoms with E-state index in [1.165, 1.54) is 18.5 Å². The van der Waals surface area contributed by atoms with Crippen LogP contribution in [-0.2, 0) is 0 Å². The third-order valence-electron chi connectivity index (χ3n) is 0.569. The van der Waals surface area contributed by atoms with Crippen LogP contribution >= 0.6 is 17.0 Å². The van der Waals surface area contributed by atoms with Gasteiger partial charge in [-0.2, -0.15) is 10.2 Å². The van der Waals surface area contributed by atoms with Gasteiger partial charge in [0.05, 0.1) is 12.4 Å². The van der Waals surface area contributed by atoms with Gasteiger partial charge in [-0.3, -0.25) is 0 Å². The first kappa shape index (κ1) is 7.36. The van der Waals surface area contributed by atoms with Crippen LogP contribution in [0.15, 0.2) is 18.5 Å². The van der Waals surface area contributed by atoms with E-state index in [1.54, 1.807) is 0 Å². The van der Waals surface area contributed by atoms with Crippen LogP contribution in [0, 0.1) is 0 Å². The average molecular weight is 177 g/mol. The lowest BCUT2D eigenvalue weighted by molar-refractivity contribution is 0.470. The van der Waals surface area contributed by atoms with Gasteiger partial charge in [0.15, 0.2) is 0 Å². The van der Waals surface area contributed by atoms with Gasteiger partial charge in [-0.15, -0.1) is 17.0 Å². The van der Waals surface area contributed by atoms with Gasteiger partial charge in [0.2, 0.25) is 0 Å². The minimum absolute atomic E-state index is 0. The van der Waals surface area contributed by atoms with Crippen molar-refractivity contribution in [1.29, 1.82) is 0 Å². The van der Waals surface area contributed by atoms with E-state index in [-0.39, 0.29) is 22.7 Å². The Morgan fingerprint density at radius 3 is 2.38 bits per heavy atom. The molecule has 0 radical (unpaired) electrons. The molecule has 1 heterocycles. The van der Waals surface area contributed by atoms with Crippen LogP contribution in [0.2, 0.25) is 0 Å². The third-order valence-corrected chi connectivity index (χ3v) is 0.569. The molecule has 3 nitrogen and oxygen atoms in total. The van der Waals surface area contributed by atoms with Crippen molar-refractivity contribution in [3.05, 3.63) is 18.5 Å². The molecule has 0 fully saturated rings. The predicted octanol–water partition coefficient (Wildman–Crippen LogP) is 0.760.